The van der Waals surface area contributed by atoms with Gasteiger partial charge in [0, 0.05) is 31.5 Å². The van der Waals surface area contributed by atoms with Gasteiger partial charge in [-0.2, -0.15) is 4.98 Å². The molecular weight excluding hydrogens is 240 g/mol. The van der Waals surface area contributed by atoms with Gasteiger partial charge in [-0.15, -0.1) is 0 Å². The van der Waals surface area contributed by atoms with Gasteiger partial charge in [0.1, 0.15) is 5.82 Å². The summed E-state index contributed by atoms with van der Waals surface area (Å²) in [5.74, 6) is 2.41. The van der Waals surface area contributed by atoms with Crippen LogP contribution < -0.4 is 10.6 Å². The number of hydrogen-bond donors (Lipinski definition) is 2. The Morgan fingerprint density at radius 3 is 2.89 bits per heavy atom. The van der Waals surface area contributed by atoms with Crippen LogP contribution in [0.1, 0.15) is 31.7 Å². The monoisotopic (exact) mass is 264 g/mol. The lowest BCUT2D eigenvalue weighted by molar-refractivity contribution is 0.134. The van der Waals surface area contributed by atoms with Crippen molar-refractivity contribution in [2.75, 3.05) is 36.9 Å². The molecule has 106 valence electrons. The van der Waals surface area contributed by atoms with E-state index in [1.54, 1.807) is 0 Å². The molecule has 2 N–H and O–H groups in total. The molecule has 0 radical (unpaired) electrons. The minimum atomic E-state index is 0.689. The third kappa shape index (κ3) is 5.03. The van der Waals surface area contributed by atoms with Gasteiger partial charge in [0.15, 0.2) is 0 Å². The highest BCUT2D eigenvalue weighted by molar-refractivity contribution is 5.46. The van der Waals surface area contributed by atoms with E-state index in [0.717, 1.165) is 50.0 Å². The van der Waals surface area contributed by atoms with Crippen LogP contribution in [0.3, 0.4) is 0 Å². The number of aryl methyl sites for hydroxylation is 1. The van der Waals surface area contributed by atoms with Crippen LogP contribution in [0.4, 0.5) is 11.8 Å². The van der Waals surface area contributed by atoms with Gasteiger partial charge >= 0.3 is 0 Å². The molecule has 0 spiro atoms. The van der Waals surface area contributed by atoms with E-state index in [1.165, 1.54) is 12.8 Å². The Hall–Kier alpha value is -1.36. The average Bonchev–Trinajstić information content (AvgIpc) is 3.23. The van der Waals surface area contributed by atoms with Gasteiger partial charge in [0.25, 0.3) is 0 Å². The molecule has 0 unspecified atom stereocenters. The van der Waals surface area contributed by atoms with Crippen molar-refractivity contribution in [1.29, 1.82) is 0 Å². The molecule has 1 aromatic heterocycles. The quantitative estimate of drug-likeness (QED) is 0.671. The number of hydrogen-bond acceptors (Lipinski definition) is 5. The molecule has 0 aromatic carbocycles. The molecule has 0 atom stereocenters. The summed E-state index contributed by atoms with van der Waals surface area (Å²) in [5, 5.41) is 6.50. The maximum Gasteiger partial charge on any atom is 0.224 e. The van der Waals surface area contributed by atoms with E-state index in [0.29, 0.717) is 5.95 Å². The molecule has 1 saturated carbocycles. The Morgan fingerprint density at radius 2 is 2.16 bits per heavy atom. The van der Waals surface area contributed by atoms with Crippen LogP contribution in [0, 0.1) is 12.8 Å². The predicted octanol–water partition coefficient (Wildman–Crippen LogP) is 2.45. The lowest BCUT2D eigenvalue weighted by Crippen LogP contribution is -2.14. The Balaban J connectivity index is 1.73. The third-order valence-electron chi connectivity index (χ3n) is 3.09. The molecule has 5 heteroatoms. The standard InChI is InChI=1S/C14H24N4O/c1-3-6-16-14-17-9-11(2)13(18-14)15-7-8-19-10-12-4-5-12/h9,12H,3-8,10H2,1-2H3,(H2,15,16,17,18). The molecule has 1 aromatic rings. The average molecular weight is 264 g/mol. The lowest BCUT2D eigenvalue weighted by atomic mass is 10.3. The summed E-state index contributed by atoms with van der Waals surface area (Å²) >= 11 is 0. The summed E-state index contributed by atoms with van der Waals surface area (Å²) in [6.07, 6.45) is 5.59. The van der Waals surface area contributed by atoms with Crippen LogP contribution >= 0.6 is 0 Å². The lowest BCUT2D eigenvalue weighted by Gasteiger charge is -2.10. The molecule has 0 saturated heterocycles. The molecule has 2 rings (SSSR count). The molecule has 5 nitrogen and oxygen atoms in total. The van der Waals surface area contributed by atoms with E-state index in [9.17, 15) is 0 Å². The van der Waals surface area contributed by atoms with Crippen LogP contribution in [-0.4, -0.2) is 36.3 Å². The van der Waals surface area contributed by atoms with Gasteiger partial charge in [-0.05, 0) is 32.1 Å². The summed E-state index contributed by atoms with van der Waals surface area (Å²) in [6.45, 7) is 7.46. The molecule has 0 bridgehead atoms. The second-order valence-corrected chi connectivity index (χ2v) is 5.10. The van der Waals surface area contributed by atoms with Crippen LogP contribution in [0.25, 0.3) is 0 Å². The van der Waals surface area contributed by atoms with Crippen molar-refractivity contribution in [3.63, 3.8) is 0 Å². The number of ether oxygens (including phenoxy) is 1. The van der Waals surface area contributed by atoms with Gasteiger partial charge in [-0.25, -0.2) is 4.98 Å². The Labute approximate surface area is 115 Å². The van der Waals surface area contributed by atoms with E-state index >= 15 is 0 Å². The minimum Gasteiger partial charge on any atom is -0.379 e. The zero-order chi connectivity index (χ0) is 13.5. The van der Waals surface area contributed by atoms with E-state index in [2.05, 4.69) is 27.5 Å². The van der Waals surface area contributed by atoms with E-state index in [4.69, 9.17) is 4.74 Å². The van der Waals surface area contributed by atoms with Gasteiger partial charge in [0.2, 0.25) is 5.95 Å². The molecule has 1 aliphatic rings. The number of nitrogens with zero attached hydrogens (tertiary/aromatic N) is 2. The summed E-state index contributed by atoms with van der Waals surface area (Å²) in [7, 11) is 0. The van der Waals surface area contributed by atoms with Crippen molar-refractivity contribution in [3.8, 4) is 0 Å². The first kappa shape index (κ1) is 14.1. The van der Waals surface area contributed by atoms with Crippen LogP contribution in [0.2, 0.25) is 0 Å². The molecule has 0 aliphatic heterocycles. The highest BCUT2D eigenvalue weighted by atomic mass is 16.5. The Morgan fingerprint density at radius 1 is 1.32 bits per heavy atom. The second-order valence-electron chi connectivity index (χ2n) is 5.10. The Kier molecular flexibility index (Phi) is 5.39. The fraction of sp³-hybridized carbons (Fsp3) is 0.714. The van der Waals surface area contributed by atoms with Crippen molar-refractivity contribution >= 4 is 11.8 Å². The summed E-state index contributed by atoms with van der Waals surface area (Å²) < 4.78 is 5.59. The Bertz CT molecular complexity index is 393. The second kappa shape index (κ2) is 7.28. The molecule has 1 heterocycles. The highest BCUT2D eigenvalue weighted by Crippen LogP contribution is 2.28. The predicted molar refractivity (Wildman–Crippen MR) is 77.6 cm³/mol. The van der Waals surface area contributed by atoms with Crippen molar-refractivity contribution in [2.45, 2.75) is 33.1 Å². The molecule has 19 heavy (non-hydrogen) atoms. The molecule has 0 amide bonds. The number of rotatable bonds is 9. The van der Waals surface area contributed by atoms with E-state index in [-0.39, 0.29) is 0 Å². The van der Waals surface area contributed by atoms with Gasteiger partial charge in [-0.1, -0.05) is 6.92 Å². The third-order valence-corrected chi connectivity index (χ3v) is 3.09. The van der Waals surface area contributed by atoms with Crippen LogP contribution in [0.5, 0.6) is 0 Å². The molecule has 1 aliphatic carbocycles. The topological polar surface area (TPSA) is 59.1 Å². The van der Waals surface area contributed by atoms with E-state index in [1.807, 2.05) is 13.1 Å². The number of aromatic nitrogens is 2. The first-order valence-electron chi connectivity index (χ1n) is 7.18. The van der Waals surface area contributed by atoms with Crippen molar-refractivity contribution in [1.82, 2.24) is 9.97 Å². The fourth-order valence-corrected chi connectivity index (χ4v) is 1.72. The maximum atomic E-state index is 5.59. The fourth-order valence-electron chi connectivity index (χ4n) is 1.72. The zero-order valence-corrected chi connectivity index (χ0v) is 11.9. The first-order valence-corrected chi connectivity index (χ1v) is 7.18. The van der Waals surface area contributed by atoms with Crippen molar-refractivity contribution in [2.24, 2.45) is 5.92 Å². The SMILES string of the molecule is CCCNc1ncc(C)c(NCCOCC2CC2)n1. The normalized spacial score (nSPS) is 14.4. The van der Waals surface area contributed by atoms with E-state index < -0.39 is 0 Å². The van der Waals surface area contributed by atoms with Gasteiger partial charge < -0.3 is 15.4 Å². The van der Waals surface area contributed by atoms with Crippen molar-refractivity contribution < 1.29 is 4.74 Å². The summed E-state index contributed by atoms with van der Waals surface area (Å²) in [6, 6.07) is 0. The largest absolute Gasteiger partial charge is 0.379 e. The van der Waals surface area contributed by atoms with Crippen molar-refractivity contribution in [3.05, 3.63) is 11.8 Å². The first-order chi connectivity index (χ1) is 9.29. The smallest absolute Gasteiger partial charge is 0.224 e. The van der Waals surface area contributed by atoms with Gasteiger partial charge in [0.05, 0.1) is 6.61 Å². The summed E-state index contributed by atoms with van der Waals surface area (Å²) in [5.41, 5.74) is 1.06. The minimum absolute atomic E-state index is 0.689. The van der Waals surface area contributed by atoms with Gasteiger partial charge in [-0.3, -0.25) is 0 Å². The highest BCUT2D eigenvalue weighted by Gasteiger charge is 2.20. The van der Waals surface area contributed by atoms with Crippen LogP contribution in [0.15, 0.2) is 6.20 Å². The van der Waals surface area contributed by atoms with Crippen LogP contribution in [-0.2, 0) is 4.74 Å². The molecular formula is C14H24N4O. The summed E-state index contributed by atoms with van der Waals surface area (Å²) in [4.78, 5) is 8.72. The molecule has 1 fully saturated rings. The number of anilines is 2. The maximum absolute atomic E-state index is 5.59. The zero-order valence-electron chi connectivity index (χ0n) is 11.9. The number of nitrogens with one attached hydrogen (secondary N) is 2.